The molecule has 35 heavy (non-hydrogen) atoms. The molecule has 2 aliphatic rings. The van der Waals surface area contributed by atoms with E-state index in [2.05, 4.69) is 4.98 Å². The highest BCUT2D eigenvalue weighted by Gasteiger charge is 2.52. The zero-order chi connectivity index (χ0) is 24.2. The Hall–Kier alpha value is -3.33. The number of hydrogen-bond acceptors (Lipinski definition) is 7. The minimum Gasteiger partial charge on any atom is -0.448 e. The minimum absolute atomic E-state index is 0.263. The third-order valence-electron chi connectivity index (χ3n) is 5.73. The highest BCUT2D eigenvalue weighted by molar-refractivity contribution is 8.08. The van der Waals surface area contributed by atoms with Crippen molar-refractivity contribution in [1.82, 2.24) is 9.88 Å². The van der Waals surface area contributed by atoms with Gasteiger partial charge in [-0.25, -0.2) is 4.79 Å². The molecule has 0 aliphatic carbocycles. The van der Waals surface area contributed by atoms with Crippen LogP contribution in [0.5, 0.6) is 0 Å². The topological polar surface area (TPSA) is 85.5 Å². The first kappa shape index (κ1) is 23.4. The van der Waals surface area contributed by atoms with Gasteiger partial charge in [0.25, 0.3) is 0 Å². The molecule has 2 N–H and O–H groups in total. The van der Waals surface area contributed by atoms with Gasteiger partial charge in [-0.2, -0.15) is 0 Å². The smallest absolute Gasteiger partial charge is 0.356 e. The van der Waals surface area contributed by atoms with Gasteiger partial charge >= 0.3 is 5.97 Å². The van der Waals surface area contributed by atoms with E-state index < -0.39 is 18.1 Å². The van der Waals surface area contributed by atoms with Gasteiger partial charge in [0.2, 0.25) is 5.91 Å². The van der Waals surface area contributed by atoms with Crippen molar-refractivity contribution in [1.29, 1.82) is 0 Å². The fourth-order valence-electron chi connectivity index (χ4n) is 3.98. The molecule has 2 aliphatic heterocycles. The summed E-state index contributed by atoms with van der Waals surface area (Å²) >= 11 is 2.95. The van der Waals surface area contributed by atoms with Crippen molar-refractivity contribution >= 4 is 41.5 Å². The van der Waals surface area contributed by atoms with E-state index in [4.69, 9.17) is 10.5 Å². The van der Waals surface area contributed by atoms with Gasteiger partial charge in [0, 0.05) is 16.9 Å². The van der Waals surface area contributed by atoms with Crippen LogP contribution in [0.15, 0.2) is 101 Å². The molecular weight excluding hydrogens is 478 g/mol. The lowest BCUT2D eigenvalue weighted by Crippen LogP contribution is -2.68. The lowest BCUT2D eigenvalue weighted by Gasteiger charge is -2.48. The normalized spacial score (nSPS) is 19.6. The quantitative estimate of drug-likeness (QED) is 0.375. The van der Waals surface area contributed by atoms with Crippen LogP contribution in [0.2, 0.25) is 0 Å². The maximum absolute atomic E-state index is 13.7. The molecule has 0 spiro atoms. The lowest BCUT2D eigenvalue weighted by atomic mass is 10.0. The number of nitrogens with two attached hydrogens (primary N) is 1. The SMILES string of the molecule is NC1C(=O)N2C(C(=O)OC(c3ccccc3)c3ccccc3)=C(S/C=C\c3ccccn3)CS[C@@H]12. The number of β-lactam (4-membered cyclic amide) rings is 1. The number of fused-ring (bicyclic) bond motifs is 1. The van der Waals surface area contributed by atoms with E-state index in [9.17, 15) is 9.59 Å². The molecule has 1 unspecified atom stereocenters. The summed E-state index contributed by atoms with van der Waals surface area (Å²) < 4.78 is 6.10. The molecule has 1 aromatic heterocycles. The van der Waals surface area contributed by atoms with Crippen molar-refractivity contribution in [3.05, 3.63) is 118 Å². The lowest BCUT2D eigenvalue weighted by molar-refractivity contribution is -0.152. The number of pyridine rings is 1. The molecule has 2 aromatic carbocycles. The number of esters is 1. The summed E-state index contributed by atoms with van der Waals surface area (Å²) in [6.45, 7) is 0. The van der Waals surface area contributed by atoms with Crippen molar-refractivity contribution < 1.29 is 14.3 Å². The Morgan fingerprint density at radius 2 is 1.71 bits per heavy atom. The zero-order valence-corrected chi connectivity index (χ0v) is 20.3. The molecule has 0 saturated carbocycles. The van der Waals surface area contributed by atoms with Crippen molar-refractivity contribution in [2.75, 3.05) is 5.75 Å². The zero-order valence-electron chi connectivity index (χ0n) is 18.7. The number of carbonyl (C=O) groups excluding carboxylic acids is 2. The van der Waals surface area contributed by atoms with Crippen LogP contribution in [0.4, 0.5) is 0 Å². The Morgan fingerprint density at radius 1 is 1.06 bits per heavy atom. The van der Waals surface area contributed by atoms with E-state index >= 15 is 0 Å². The number of hydrogen-bond donors (Lipinski definition) is 1. The van der Waals surface area contributed by atoms with E-state index in [1.54, 1.807) is 18.0 Å². The molecule has 1 fully saturated rings. The molecular formula is C27H23N3O3S2. The van der Waals surface area contributed by atoms with E-state index in [1.807, 2.05) is 90.3 Å². The minimum atomic E-state index is -0.613. The highest BCUT2D eigenvalue weighted by atomic mass is 32.2. The Bertz CT molecular complexity index is 1230. The number of ether oxygens (including phenoxy) is 1. The Labute approximate surface area is 212 Å². The number of nitrogens with zero attached hydrogens (tertiary/aromatic N) is 2. The monoisotopic (exact) mass is 501 g/mol. The first-order chi connectivity index (χ1) is 17.1. The average molecular weight is 502 g/mol. The van der Waals surface area contributed by atoms with E-state index in [1.165, 1.54) is 16.7 Å². The summed E-state index contributed by atoms with van der Waals surface area (Å²) in [5, 5.41) is 1.61. The molecule has 1 saturated heterocycles. The second-order valence-corrected chi connectivity index (χ2v) is 10.1. The van der Waals surface area contributed by atoms with Gasteiger partial charge in [0.15, 0.2) is 6.10 Å². The fraction of sp³-hybridized carbons (Fsp3) is 0.148. The van der Waals surface area contributed by atoms with Crippen LogP contribution in [0.3, 0.4) is 0 Å². The van der Waals surface area contributed by atoms with Crippen LogP contribution in [0.1, 0.15) is 22.9 Å². The van der Waals surface area contributed by atoms with Crippen LogP contribution in [-0.2, 0) is 14.3 Å². The van der Waals surface area contributed by atoms with Crippen LogP contribution < -0.4 is 5.73 Å². The van der Waals surface area contributed by atoms with E-state index in [0.717, 1.165) is 21.7 Å². The number of benzene rings is 2. The number of carbonyl (C=O) groups is 2. The summed E-state index contributed by atoms with van der Waals surface area (Å²) in [5.74, 6) is -0.246. The Morgan fingerprint density at radius 3 is 2.34 bits per heavy atom. The van der Waals surface area contributed by atoms with E-state index in [-0.39, 0.29) is 17.0 Å². The second kappa shape index (κ2) is 10.5. The van der Waals surface area contributed by atoms with Crippen molar-refractivity contribution in [2.24, 2.45) is 5.73 Å². The summed E-state index contributed by atoms with van der Waals surface area (Å²) in [6.07, 6.45) is 2.99. The predicted octanol–water partition coefficient (Wildman–Crippen LogP) is 4.57. The maximum atomic E-state index is 13.7. The average Bonchev–Trinajstić information content (AvgIpc) is 2.92. The largest absolute Gasteiger partial charge is 0.448 e. The van der Waals surface area contributed by atoms with E-state index in [0.29, 0.717) is 5.75 Å². The van der Waals surface area contributed by atoms with Gasteiger partial charge in [-0.05, 0) is 34.7 Å². The van der Waals surface area contributed by atoms with Crippen LogP contribution in [0.25, 0.3) is 6.08 Å². The third kappa shape index (κ3) is 4.91. The third-order valence-corrected chi connectivity index (χ3v) is 8.11. The molecule has 1 amide bonds. The second-order valence-electron chi connectivity index (χ2n) is 7.99. The van der Waals surface area contributed by atoms with Gasteiger partial charge in [-0.15, -0.1) is 11.8 Å². The predicted molar refractivity (Wildman–Crippen MR) is 140 cm³/mol. The summed E-state index contributed by atoms with van der Waals surface area (Å²) in [4.78, 5) is 32.9. The molecule has 6 nitrogen and oxygen atoms in total. The summed E-state index contributed by atoms with van der Waals surface area (Å²) in [5.41, 5.74) is 8.81. The molecule has 2 atom stereocenters. The van der Waals surface area contributed by atoms with Crippen LogP contribution in [-0.4, -0.2) is 38.9 Å². The first-order valence-electron chi connectivity index (χ1n) is 11.1. The number of thioether (sulfide) groups is 2. The molecule has 3 aromatic rings. The number of aromatic nitrogens is 1. The Balaban J connectivity index is 1.46. The highest BCUT2D eigenvalue weighted by Crippen LogP contribution is 2.44. The van der Waals surface area contributed by atoms with Gasteiger partial charge in [-0.1, -0.05) is 78.5 Å². The van der Waals surface area contributed by atoms with Crippen molar-refractivity contribution in [3.8, 4) is 0 Å². The fourth-order valence-corrected chi connectivity index (χ4v) is 6.26. The molecule has 0 radical (unpaired) electrons. The number of rotatable bonds is 7. The Kier molecular flexibility index (Phi) is 7.03. The van der Waals surface area contributed by atoms with Gasteiger partial charge in [0.1, 0.15) is 17.1 Å². The van der Waals surface area contributed by atoms with Gasteiger partial charge in [-0.3, -0.25) is 14.7 Å². The van der Waals surface area contributed by atoms with Crippen molar-refractivity contribution in [3.63, 3.8) is 0 Å². The molecule has 176 valence electrons. The van der Waals surface area contributed by atoms with Gasteiger partial charge in [0.05, 0.1) is 5.69 Å². The maximum Gasteiger partial charge on any atom is 0.356 e. The van der Waals surface area contributed by atoms with Crippen LogP contribution >= 0.6 is 23.5 Å². The summed E-state index contributed by atoms with van der Waals surface area (Å²) in [7, 11) is 0. The first-order valence-corrected chi connectivity index (χ1v) is 13.0. The van der Waals surface area contributed by atoms with Crippen LogP contribution in [0, 0.1) is 0 Å². The number of amides is 1. The van der Waals surface area contributed by atoms with Crippen molar-refractivity contribution in [2.45, 2.75) is 17.5 Å². The standard InChI is InChI=1S/C27H23N3O3S2/c28-22-25(31)30-23(21(17-35-26(22)30)34-16-14-20-13-7-8-15-29-20)27(32)33-24(18-9-3-1-4-10-18)19-11-5-2-6-12-19/h1-16,22,24,26H,17,28H2/b16-14-/t22?,26-/m0/s1. The molecule has 0 bridgehead atoms. The summed E-state index contributed by atoms with van der Waals surface area (Å²) in [6, 6.07) is 24.2. The molecule has 5 rings (SSSR count). The molecule has 3 heterocycles. The van der Waals surface area contributed by atoms with Gasteiger partial charge < -0.3 is 10.5 Å². The molecule has 8 heteroatoms.